The van der Waals surface area contributed by atoms with E-state index in [1.807, 2.05) is 30.5 Å². The lowest BCUT2D eigenvalue weighted by Crippen LogP contribution is -2.51. The summed E-state index contributed by atoms with van der Waals surface area (Å²) in [4.78, 5) is 34.1. The Morgan fingerprint density at radius 2 is 1.95 bits per heavy atom. The van der Waals surface area contributed by atoms with Crippen molar-refractivity contribution in [2.45, 2.75) is 76.9 Å². The quantitative estimate of drug-likeness (QED) is 0.305. The fourth-order valence-corrected chi connectivity index (χ4v) is 5.52. The van der Waals surface area contributed by atoms with E-state index in [1.54, 1.807) is 19.1 Å². The number of benzene rings is 1. The molecular formula is C27H33ClN4O6. The van der Waals surface area contributed by atoms with Crippen LogP contribution in [-0.2, 0) is 19.2 Å². The number of aryl methyl sites for hydroxylation is 1. The zero-order valence-electron chi connectivity index (χ0n) is 22.0. The summed E-state index contributed by atoms with van der Waals surface area (Å²) in [6.07, 6.45) is 3.04. The van der Waals surface area contributed by atoms with Crippen molar-refractivity contribution in [3.8, 4) is 5.88 Å². The molecule has 10 nitrogen and oxygen atoms in total. The summed E-state index contributed by atoms with van der Waals surface area (Å²) in [6.45, 7) is 5.81. The second-order valence-corrected chi connectivity index (χ2v) is 10.3. The Balaban J connectivity index is 1.54. The second kappa shape index (κ2) is 10.7. The van der Waals surface area contributed by atoms with Crippen molar-refractivity contribution in [1.82, 2.24) is 14.5 Å². The molecule has 3 atom stereocenters. The molecule has 0 radical (unpaired) electrons. The maximum Gasteiger partial charge on any atom is 0.355 e. The molecule has 5 rings (SSSR count). The van der Waals surface area contributed by atoms with Gasteiger partial charge in [0.25, 0.3) is 0 Å². The minimum Gasteiger partial charge on any atom is -0.477 e. The number of carbonyl (C=O) groups is 1. The molecule has 2 aliphatic rings. The van der Waals surface area contributed by atoms with Crippen molar-refractivity contribution < 1.29 is 28.8 Å². The third-order valence-electron chi connectivity index (χ3n) is 7.48. The Kier molecular flexibility index (Phi) is 7.50. The smallest absolute Gasteiger partial charge is 0.355 e. The van der Waals surface area contributed by atoms with Crippen molar-refractivity contribution in [3.05, 3.63) is 46.1 Å². The van der Waals surface area contributed by atoms with Gasteiger partial charge in [0.1, 0.15) is 11.8 Å². The van der Waals surface area contributed by atoms with Crippen molar-refractivity contribution in [2.24, 2.45) is 0 Å². The second-order valence-electron chi connectivity index (χ2n) is 9.87. The molecule has 0 amide bonds. The number of carbonyl (C=O) groups excluding carboxylic acids is 1. The lowest BCUT2D eigenvalue weighted by atomic mass is 9.98. The predicted molar refractivity (Wildman–Crippen MR) is 141 cm³/mol. The maximum absolute atomic E-state index is 14.0. The Hall–Kier alpha value is -2.92. The Morgan fingerprint density at radius 3 is 2.61 bits per heavy atom. The van der Waals surface area contributed by atoms with Gasteiger partial charge in [-0.05, 0) is 56.9 Å². The summed E-state index contributed by atoms with van der Waals surface area (Å²) in [7, 11) is 1.49. The van der Waals surface area contributed by atoms with Gasteiger partial charge in [-0.2, -0.15) is 14.9 Å². The summed E-state index contributed by atoms with van der Waals surface area (Å²) < 4.78 is 19.5. The van der Waals surface area contributed by atoms with Gasteiger partial charge in [-0.25, -0.2) is 9.68 Å². The van der Waals surface area contributed by atoms with Crippen LogP contribution in [0.25, 0.3) is 11.0 Å². The van der Waals surface area contributed by atoms with E-state index >= 15 is 0 Å². The van der Waals surface area contributed by atoms with Crippen molar-refractivity contribution >= 4 is 34.6 Å². The molecule has 11 heteroatoms. The first-order valence-electron chi connectivity index (χ1n) is 12.9. The van der Waals surface area contributed by atoms with Gasteiger partial charge in [0, 0.05) is 24.6 Å². The molecule has 2 N–H and O–H groups in total. The highest BCUT2D eigenvalue weighted by molar-refractivity contribution is 6.30. The molecule has 1 aliphatic carbocycles. The van der Waals surface area contributed by atoms with Crippen LogP contribution in [0.3, 0.4) is 0 Å². The summed E-state index contributed by atoms with van der Waals surface area (Å²) in [5, 5.41) is 1.28. The van der Waals surface area contributed by atoms with Crippen LogP contribution < -0.4 is 10.5 Å². The van der Waals surface area contributed by atoms with Gasteiger partial charge in [0.15, 0.2) is 11.8 Å². The van der Waals surface area contributed by atoms with E-state index in [-0.39, 0.29) is 12.0 Å². The monoisotopic (exact) mass is 544 g/mol. The summed E-state index contributed by atoms with van der Waals surface area (Å²) in [5.74, 6) is -1.37. The largest absolute Gasteiger partial charge is 0.477 e. The standard InChI is InChI=1S/C27H33ClN4O6/c1-5-35-24-21-15(2)22(32(18-8-6-7-9-18)23(21)30-26(29)31-24)25(33)36-20-14-19(37-38-27(20,3)34-4)16-10-12-17(28)13-11-16/h10-13,18-20H,5-9,14H2,1-4H3,(H2,29,30,31). The zero-order chi connectivity index (χ0) is 27.0. The first-order chi connectivity index (χ1) is 18.3. The highest BCUT2D eigenvalue weighted by atomic mass is 35.5. The molecule has 38 heavy (non-hydrogen) atoms. The Labute approximate surface area is 226 Å². The van der Waals surface area contributed by atoms with Gasteiger partial charge >= 0.3 is 5.97 Å². The summed E-state index contributed by atoms with van der Waals surface area (Å²) in [5.41, 5.74) is 8.56. The van der Waals surface area contributed by atoms with E-state index < -0.39 is 24.0 Å². The molecule has 2 aromatic heterocycles. The van der Waals surface area contributed by atoms with Gasteiger partial charge in [-0.1, -0.05) is 36.6 Å². The average Bonchev–Trinajstić information content (AvgIpc) is 3.52. The van der Waals surface area contributed by atoms with E-state index in [1.165, 1.54) is 7.11 Å². The first-order valence-corrected chi connectivity index (χ1v) is 13.3. The number of fused-ring (bicyclic) bond motifs is 1. The van der Waals surface area contributed by atoms with Crippen LogP contribution in [0.2, 0.25) is 5.02 Å². The van der Waals surface area contributed by atoms with E-state index in [2.05, 4.69) is 9.97 Å². The molecule has 1 aliphatic heterocycles. The number of hydrogen-bond donors (Lipinski definition) is 1. The Morgan fingerprint density at radius 1 is 1.24 bits per heavy atom. The molecule has 2 fully saturated rings. The Bertz CT molecular complexity index is 1320. The summed E-state index contributed by atoms with van der Waals surface area (Å²) in [6, 6.07) is 7.34. The fourth-order valence-electron chi connectivity index (χ4n) is 5.39. The molecule has 1 saturated carbocycles. The van der Waals surface area contributed by atoms with Gasteiger partial charge in [0.05, 0.1) is 12.0 Å². The average molecular weight is 545 g/mol. The van der Waals surface area contributed by atoms with Gasteiger partial charge in [0.2, 0.25) is 17.6 Å². The van der Waals surface area contributed by atoms with Crippen molar-refractivity contribution in [2.75, 3.05) is 19.5 Å². The SMILES string of the molecule is CCOc1nc(N)nc2c1c(C)c(C(=O)OC1CC(c3ccc(Cl)cc3)OOC1(C)OC)n2C1CCCC1. The predicted octanol–water partition coefficient (Wildman–Crippen LogP) is 5.47. The maximum atomic E-state index is 14.0. The number of aromatic nitrogens is 3. The number of rotatable bonds is 7. The van der Waals surface area contributed by atoms with Crippen LogP contribution in [0, 0.1) is 6.92 Å². The number of methoxy groups -OCH3 is 1. The number of anilines is 1. The van der Waals surface area contributed by atoms with Crippen molar-refractivity contribution in [3.63, 3.8) is 0 Å². The van der Waals surface area contributed by atoms with E-state index in [0.29, 0.717) is 46.2 Å². The number of nitrogen functional groups attached to an aromatic ring is 1. The van der Waals surface area contributed by atoms with E-state index in [9.17, 15) is 4.79 Å². The van der Waals surface area contributed by atoms with Crippen LogP contribution in [0.5, 0.6) is 5.88 Å². The fraction of sp³-hybridized carbons (Fsp3) is 0.519. The number of ether oxygens (including phenoxy) is 3. The van der Waals surface area contributed by atoms with Gasteiger partial charge in [-0.3, -0.25) is 0 Å². The van der Waals surface area contributed by atoms with E-state index in [0.717, 1.165) is 31.2 Å². The number of halogens is 1. The number of esters is 1. The third-order valence-corrected chi connectivity index (χ3v) is 7.73. The van der Waals surface area contributed by atoms with Crippen molar-refractivity contribution in [1.29, 1.82) is 0 Å². The molecule has 3 unspecified atom stereocenters. The highest BCUT2D eigenvalue weighted by Crippen LogP contribution is 2.41. The minimum absolute atomic E-state index is 0.0825. The van der Waals surface area contributed by atoms with Crippen LogP contribution >= 0.6 is 11.6 Å². The molecule has 204 valence electrons. The van der Waals surface area contributed by atoms with Gasteiger partial charge < -0.3 is 24.5 Å². The topological polar surface area (TPSA) is 120 Å². The van der Waals surface area contributed by atoms with Crippen LogP contribution in [0.4, 0.5) is 5.95 Å². The van der Waals surface area contributed by atoms with E-state index in [4.69, 9.17) is 41.3 Å². The number of nitrogens with zero attached hydrogens (tertiary/aromatic N) is 3. The normalized spacial score (nSPS) is 24.1. The lowest BCUT2D eigenvalue weighted by Gasteiger charge is -2.40. The highest BCUT2D eigenvalue weighted by Gasteiger charge is 2.47. The lowest BCUT2D eigenvalue weighted by molar-refractivity contribution is -0.481. The zero-order valence-corrected chi connectivity index (χ0v) is 22.8. The minimum atomic E-state index is -1.31. The molecule has 0 spiro atoms. The summed E-state index contributed by atoms with van der Waals surface area (Å²) >= 11 is 6.05. The third kappa shape index (κ3) is 4.82. The molecule has 1 saturated heterocycles. The number of hydrogen-bond acceptors (Lipinski definition) is 9. The van der Waals surface area contributed by atoms with Gasteiger partial charge in [-0.15, -0.1) is 0 Å². The molecule has 3 aromatic rings. The molecule has 0 bridgehead atoms. The number of nitrogens with two attached hydrogens (primary N) is 1. The van der Waals surface area contributed by atoms with Crippen LogP contribution in [0.15, 0.2) is 24.3 Å². The van der Waals surface area contributed by atoms with Crippen LogP contribution in [-0.4, -0.2) is 46.1 Å². The molecule has 3 heterocycles. The first kappa shape index (κ1) is 26.7. The van der Waals surface area contributed by atoms with Crippen LogP contribution in [0.1, 0.15) is 79.7 Å². The molecule has 1 aromatic carbocycles. The molecular weight excluding hydrogens is 512 g/mol.